The Labute approximate surface area is 262 Å². The predicted octanol–water partition coefficient (Wildman–Crippen LogP) is 10.1. The van der Waals surface area contributed by atoms with Gasteiger partial charge in [0, 0.05) is 0 Å². The molecule has 0 aromatic heterocycles. The van der Waals surface area contributed by atoms with E-state index in [-0.39, 0.29) is 24.9 Å². The normalized spacial score (nSPS) is 13.3. The lowest BCUT2D eigenvalue weighted by Gasteiger charge is -2.21. The van der Waals surface area contributed by atoms with Gasteiger partial charge in [0.05, 0.1) is 24.4 Å². The van der Waals surface area contributed by atoms with Crippen LogP contribution in [-0.4, -0.2) is 29.6 Å². The van der Waals surface area contributed by atoms with Crippen LogP contribution in [0, 0.1) is 17.8 Å². The number of hydrogen-bond donors (Lipinski definition) is 1. The molecule has 1 N–H and O–H groups in total. The van der Waals surface area contributed by atoms with Gasteiger partial charge < -0.3 is 14.6 Å². The summed E-state index contributed by atoms with van der Waals surface area (Å²) in [6, 6.07) is 9.42. The van der Waals surface area contributed by atoms with E-state index in [1.807, 2.05) is 44.2 Å². The number of carboxylic acids is 1. The number of esters is 2. The first-order chi connectivity index (χ1) is 20.9. The molecule has 0 heterocycles. The average molecular weight is 603 g/mol. The fourth-order valence-corrected chi connectivity index (χ4v) is 5.50. The molecule has 0 saturated carbocycles. The molecule has 1 aromatic carbocycles. The molecule has 0 spiro atoms. The number of unbranched alkanes of at least 4 members (excludes halogenated alkanes) is 15. The lowest BCUT2D eigenvalue weighted by Crippen LogP contribution is -2.26. The number of carbonyl (C=O) groups is 3. The maximum absolute atomic E-state index is 12.9. The number of hydrogen-bond acceptors (Lipinski definition) is 5. The largest absolute Gasteiger partial charge is 0.481 e. The first kappa shape index (κ1) is 38.7. The monoisotopic (exact) mass is 602 g/mol. The van der Waals surface area contributed by atoms with Crippen molar-refractivity contribution in [1.29, 1.82) is 0 Å². The molecule has 0 aliphatic carbocycles. The van der Waals surface area contributed by atoms with Crippen LogP contribution in [0.15, 0.2) is 30.3 Å². The molecule has 0 fully saturated rings. The van der Waals surface area contributed by atoms with Crippen LogP contribution in [-0.2, 0) is 30.5 Å². The van der Waals surface area contributed by atoms with E-state index in [0.29, 0.717) is 25.9 Å². The number of benzene rings is 1. The zero-order chi connectivity index (χ0) is 31.5. The predicted molar refractivity (Wildman–Crippen MR) is 175 cm³/mol. The van der Waals surface area contributed by atoms with Gasteiger partial charge in [-0.3, -0.25) is 14.4 Å². The van der Waals surface area contributed by atoms with Gasteiger partial charge >= 0.3 is 17.9 Å². The van der Waals surface area contributed by atoms with Crippen LogP contribution < -0.4 is 0 Å². The lowest BCUT2D eigenvalue weighted by molar-refractivity contribution is -0.154. The molecule has 3 atom stereocenters. The van der Waals surface area contributed by atoms with Gasteiger partial charge in [-0.05, 0) is 37.7 Å². The van der Waals surface area contributed by atoms with Crippen molar-refractivity contribution in [2.24, 2.45) is 17.8 Å². The first-order valence-electron chi connectivity index (χ1n) is 17.5. The summed E-state index contributed by atoms with van der Waals surface area (Å²) in [6.07, 6.45) is 22.4. The Balaban J connectivity index is 2.18. The van der Waals surface area contributed by atoms with Crippen LogP contribution in [0.5, 0.6) is 0 Å². The fraction of sp³-hybridized carbons (Fsp3) is 0.757. The third-order valence-corrected chi connectivity index (χ3v) is 8.56. The summed E-state index contributed by atoms with van der Waals surface area (Å²) in [7, 11) is 0. The van der Waals surface area contributed by atoms with Crippen molar-refractivity contribution >= 4 is 17.9 Å². The molecule has 1 rings (SSSR count). The molecular weight excluding hydrogens is 540 g/mol. The second-order valence-corrected chi connectivity index (χ2v) is 12.4. The van der Waals surface area contributed by atoms with Gasteiger partial charge in [0.1, 0.15) is 6.61 Å². The molecule has 0 aliphatic heterocycles. The maximum Gasteiger partial charge on any atom is 0.309 e. The van der Waals surface area contributed by atoms with Crippen LogP contribution in [0.25, 0.3) is 0 Å². The topological polar surface area (TPSA) is 89.9 Å². The Bertz CT molecular complexity index is 839. The van der Waals surface area contributed by atoms with Crippen LogP contribution in [0.3, 0.4) is 0 Å². The van der Waals surface area contributed by atoms with E-state index in [9.17, 15) is 19.5 Å². The van der Waals surface area contributed by atoms with E-state index < -0.39 is 23.8 Å². The Kier molecular flexibility index (Phi) is 23.4. The van der Waals surface area contributed by atoms with E-state index in [1.165, 1.54) is 89.9 Å². The van der Waals surface area contributed by atoms with E-state index in [0.717, 1.165) is 18.4 Å². The third-order valence-electron chi connectivity index (χ3n) is 8.56. The van der Waals surface area contributed by atoms with Crippen LogP contribution in [0.1, 0.15) is 155 Å². The highest BCUT2D eigenvalue weighted by Crippen LogP contribution is 2.25. The number of rotatable bonds is 28. The van der Waals surface area contributed by atoms with Gasteiger partial charge in [-0.2, -0.15) is 0 Å². The Morgan fingerprint density at radius 3 is 1.65 bits per heavy atom. The highest BCUT2D eigenvalue weighted by atomic mass is 16.5. The van der Waals surface area contributed by atoms with E-state index >= 15 is 0 Å². The van der Waals surface area contributed by atoms with Crippen molar-refractivity contribution in [1.82, 2.24) is 0 Å². The molecule has 6 nitrogen and oxygen atoms in total. The fourth-order valence-electron chi connectivity index (χ4n) is 5.50. The van der Waals surface area contributed by atoms with Gasteiger partial charge in [-0.25, -0.2) is 0 Å². The number of carbonyl (C=O) groups excluding carboxylic acids is 2. The molecule has 3 unspecified atom stereocenters. The van der Waals surface area contributed by atoms with E-state index in [1.54, 1.807) is 0 Å². The van der Waals surface area contributed by atoms with Gasteiger partial charge in [-0.15, -0.1) is 0 Å². The first-order valence-corrected chi connectivity index (χ1v) is 17.5. The summed E-state index contributed by atoms with van der Waals surface area (Å²) >= 11 is 0. The molecule has 0 radical (unpaired) electrons. The smallest absolute Gasteiger partial charge is 0.309 e. The minimum atomic E-state index is -0.908. The summed E-state index contributed by atoms with van der Waals surface area (Å²) in [6.45, 7) is 6.48. The molecule has 43 heavy (non-hydrogen) atoms. The highest BCUT2D eigenvalue weighted by Gasteiger charge is 2.28. The molecule has 246 valence electrons. The van der Waals surface area contributed by atoms with Crippen molar-refractivity contribution < 1.29 is 29.0 Å². The van der Waals surface area contributed by atoms with E-state index in [2.05, 4.69) is 6.92 Å². The van der Waals surface area contributed by atoms with Gasteiger partial charge in [0.15, 0.2) is 0 Å². The summed E-state index contributed by atoms with van der Waals surface area (Å²) in [5, 5.41) is 9.53. The standard InChI is InChI=1S/C37H62O6/c1-4-6-7-8-9-10-11-12-13-14-15-16-17-18-19-23-28-42-36(40)31(3)26-27-34(29-33(5-2)35(38)39)37(41)43-30-32-24-21-20-22-25-32/h20-22,24-25,31,33-34H,4-19,23,26-30H2,1-3H3,(H,38,39). The zero-order valence-corrected chi connectivity index (χ0v) is 27.7. The summed E-state index contributed by atoms with van der Waals surface area (Å²) in [5.74, 6) is -3.10. The molecule has 0 bridgehead atoms. The average Bonchev–Trinajstić information content (AvgIpc) is 3.01. The molecule has 0 aliphatic rings. The Morgan fingerprint density at radius 2 is 1.16 bits per heavy atom. The summed E-state index contributed by atoms with van der Waals surface area (Å²) in [5.41, 5.74) is 0.880. The minimum absolute atomic E-state index is 0.150. The number of carboxylic acid groups (broad SMARTS) is 1. The molecule has 6 heteroatoms. The summed E-state index contributed by atoms with van der Waals surface area (Å²) in [4.78, 5) is 37.1. The molecule has 0 amide bonds. The summed E-state index contributed by atoms with van der Waals surface area (Å²) < 4.78 is 11.0. The quantitative estimate of drug-likeness (QED) is 0.0758. The lowest BCUT2D eigenvalue weighted by atomic mass is 9.87. The second-order valence-electron chi connectivity index (χ2n) is 12.4. The van der Waals surface area contributed by atoms with Crippen molar-refractivity contribution in [3.05, 3.63) is 35.9 Å². The SMILES string of the molecule is CCCCCCCCCCCCCCCCCCOC(=O)C(C)CCC(CC(CC)C(=O)O)C(=O)OCc1ccccc1. The van der Waals surface area contributed by atoms with Crippen molar-refractivity contribution in [3.63, 3.8) is 0 Å². The van der Waals surface area contributed by atoms with Crippen LogP contribution >= 0.6 is 0 Å². The van der Waals surface area contributed by atoms with Crippen LogP contribution in [0.2, 0.25) is 0 Å². The highest BCUT2D eigenvalue weighted by molar-refractivity contribution is 5.75. The Morgan fingerprint density at radius 1 is 0.651 bits per heavy atom. The van der Waals surface area contributed by atoms with Crippen molar-refractivity contribution in [3.8, 4) is 0 Å². The minimum Gasteiger partial charge on any atom is -0.481 e. The molecule has 1 aromatic rings. The Hall–Kier alpha value is -2.37. The zero-order valence-electron chi connectivity index (χ0n) is 27.7. The van der Waals surface area contributed by atoms with Crippen LogP contribution in [0.4, 0.5) is 0 Å². The maximum atomic E-state index is 12.9. The second kappa shape index (κ2) is 26.1. The number of aliphatic carboxylic acids is 1. The molecular formula is C37H62O6. The van der Waals surface area contributed by atoms with Crippen molar-refractivity contribution in [2.75, 3.05) is 6.61 Å². The third kappa shape index (κ3) is 20.3. The van der Waals surface area contributed by atoms with Gasteiger partial charge in [-0.1, -0.05) is 147 Å². The number of ether oxygens (including phenoxy) is 2. The van der Waals surface area contributed by atoms with E-state index in [4.69, 9.17) is 9.47 Å². The molecule has 0 saturated heterocycles. The van der Waals surface area contributed by atoms with Gasteiger partial charge in [0.25, 0.3) is 0 Å². The van der Waals surface area contributed by atoms with Gasteiger partial charge in [0.2, 0.25) is 0 Å². The van der Waals surface area contributed by atoms with Crippen molar-refractivity contribution in [2.45, 2.75) is 156 Å².